The first-order valence-electron chi connectivity index (χ1n) is 6.26. The minimum absolute atomic E-state index is 0.114. The normalized spacial score (nSPS) is 11.1. The Morgan fingerprint density at radius 3 is 2.89 bits per heavy atom. The number of amides is 1. The second kappa shape index (κ2) is 5.96. The maximum absolute atomic E-state index is 11.6. The van der Waals surface area contributed by atoms with E-state index in [4.69, 9.17) is 0 Å². The van der Waals surface area contributed by atoms with Crippen molar-refractivity contribution >= 4 is 27.5 Å². The number of rotatable bonds is 5. The summed E-state index contributed by atoms with van der Waals surface area (Å²) < 4.78 is 1.17. The Hall–Kier alpha value is -1.42. The van der Waals surface area contributed by atoms with Gasteiger partial charge in [-0.05, 0) is 24.5 Å². The number of thiazole rings is 1. The summed E-state index contributed by atoms with van der Waals surface area (Å²) in [5.74, 6) is 0.682. The number of nitrogens with one attached hydrogen (secondary N) is 1. The Morgan fingerprint density at radius 2 is 2.17 bits per heavy atom. The first-order valence-corrected chi connectivity index (χ1v) is 7.08. The monoisotopic (exact) mass is 262 g/mol. The van der Waals surface area contributed by atoms with Crippen molar-refractivity contribution in [2.75, 3.05) is 0 Å². The molecule has 0 atom stereocenters. The topological polar surface area (TPSA) is 42.0 Å². The lowest BCUT2D eigenvalue weighted by molar-refractivity contribution is -0.121. The molecule has 0 spiro atoms. The van der Waals surface area contributed by atoms with E-state index in [9.17, 15) is 4.79 Å². The molecule has 0 fully saturated rings. The van der Waals surface area contributed by atoms with Gasteiger partial charge in [0.15, 0.2) is 0 Å². The number of nitrogens with zero attached hydrogens (tertiary/aromatic N) is 1. The Labute approximate surface area is 111 Å². The number of hydrogen-bond acceptors (Lipinski definition) is 3. The van der Waals surface area contributed by atoms with Gasteiger partial charge >= 0.3 is 0 Å². The van der Waals surface area contributed by atoms with Crippen LogP contribution in [0.15, 0.2) is 24.3 Å². The highest BCUT2D eigenvalue weighted by molar-refractivity contribution is 7.18. The lowest BCUT2D eigenvalue weighted by Gasteiger charge is -2.04. The van der Waals surface area contributed by atoms with Crippen LogP contribution in [0, 0.1) is 5.92 Å². The molecule has 4 heteroatoms. The molecule has 0 aliphatic carbocycles. The molecular formula is C14H18N2OS. The standard InChI is InChI=1S/C14H18N2OS/c1-10(2)7-8-13(17)15-9-14-16-11-5-3-4-6-12(11)18-14/h3-6,10H,7-9H2,1-2H3,(H,15,17). The zero-order valence-corrected chi connectivity index (χ0v) is 11.6. The summed E-state index contributed by atoms with van der Waals surface area (Å²) in [5, 5.41) is 3.89. The number of fused-ring (bicyclic) bond motifs is 1. The molecule has 1 heterocycles. The van der Waals surface area contributed by atoms with Gasteiger partial charge in [-0.25, -0.2) is 4.98 Å². The van der Waals surface area contributed by atoms with E-state index < -0.39 is 0 Å². The van der Waals surface area contributed by atoms with Crippen LogP contribution < -0.4 is 5.32 Å². The third-order valence-corrected chi connectivity index (χ3v) is 3.76. The molecule has 18 heavy (non-hydrogen) atoms. The molecule has 2 aromatic rings. The maximum Gasteiger partial charge on any atom is 0.220 e. The second-order valence-corrected chi connectivity index (χ2v) is 5.90. The van der Waals surface area contributed by atoms with Crippen LogP contribution >= 0.6 is 11.3 Å². The summed E-state index contributed by atoms with van der Waals surface area (Å²) in [4.78, 5) is 16.1. The number of carbonyl (C=O) groups excluding carboxylic acids is 1. The van der Waals surface area contributed by atoms with E-state index in [2.05, 4.69) is 30.2 Å². The highest BCUT2D eigenvalue weighted by Gasteiger charge is 2.06. The molecule has 0 saturated heterocycles. The van der Waals surface area contributed by atoms with Gasteiger partial charge in [0.25, 0.3) is 0 Å². The zero-order chi connectivity index (χ0) is 13.0. The van der Waals surface area contributed by atoms with Crippen molar-refractivity contribution < 1.29 is 4.79 Å². The van der Waals surface area contributed by atoms with E-state index in [0.717, 1.165) is 16.9 Å². The van der Waals surface area contributed by atoms with E-state index in [1.165, 1.54) is 4.70 Å². The zero-order valence-electron chi connectivity index (χ0n) is 10.8. The Morgan fingerprint density at radius 1 is 1.39 bits per heavy atom. The third-order valence-electron chi connectivity index (χ3n) is 2.72. The van der Waals surface area contributed by atoms with Crippen LogP contribution in [0.25, 0.3) is 10.2 Å². The number of hydrogen-bond donors (Lipinski definition) is 1. The Kier molecular flexibility index (Phi) is 4.31. The fourth-order valence-electron chi connectivity index (χ4n) is 1.68. The summed E-state index contributed by atoms with van der Waals surface area (Å²) in [6.07, 6.45) is 1.54. The van der Waals surface area contributed by atoms with Gasteiger partial charge in [0, 0.05) is 6.42 Å². The summed E-state index contributed by atoms with van der Waals surface area (Å²) in [6.45, 7) is 4.79. The second-order valence-electron chi connectivity index (χ2n) is 4.78. The molecule has 0 bridgehead atoms. The summed E-state index contributed by atoms with van der Waals surface area (Å²) in [6, 6.07) is 8.03. The van der Waals surface area contributed by atoms with Gasteiger partial charge in [0.05, 0.1) is 16.8 Å². The van der Waals surface area contributed by atoms with Crippen LogP contribution in [-0.4, -0.2) is 10.9 Å². The van der Waals surface area contributed by atoms with E-state index in [0.29, 0.717) is 18.9 Å². The van der Waals surface area contributed by atoms with Crippen LogP contribution in [-0.2, 0) is 11.3 Å². The van der Waals surface area contributed by atoms with Gasteiger partial charge in [0.2, 0.25) is 5.91 Å². The predicted octanol–water partition coefficient (Wildman–Crippen LogP) is 3.35. The summed E-state index contributed by atoms with van der Waals surface area (Å²) in [7, 11) is 0. The molecule has 1 aromatic carbocycles. The van der Waals surface area contributed by atoms with Crippen molar-refractivity contribution in [2.24, 2.45) is 5.92 Å². The van der Waals surface area contributed by atoms with Crippen LogP contribution in [0.5, 0.6) is 0 Å². The Balaban J connectivity index is 1.88. The van der Waals surface area contributed by atoms with Crippen molar-refractivity contribution in [3.8, 4) is 0 Å². The van der Waals surface area contributed by atoms with Crippen molar-refractivity contribution in [3.63, 3.8) is 0 Å². The van der Waals surface area contributed by atoms with Gasteiger partial charge in [0.1, 0.15) is 5.01 Å². The summed E-state index contributed by atoms with van der Waals surface area (Å²) in [5.41, 5.74) is 1.01. The highest BCUT2D eigenvalue weighted by atomic mass is 32.1. The molecule has 0 aliphatic rings. The minimum Gasteiger partial charge on any atom is -0.350 e. The maximum atomic E-state index is 11.6. The van der Waals surface area contributed by atoms with Crippen LogP contribution in [0.1, 0.15) is 31.7 Å². The van der Waals surface area contributed by atoms with Gasteiger partial charge in [-0.15, -0.1) is 11.3 Å². The van der Waals surface area contributed by atoms with Gasteiger partial charge in [-0.2, -0.15) is 0 Å². The SMILES string of the molecule is CC(C)CCC(=O)NCc1nc2ccccc2s1. The molecule has 0 aliphatic heterocycles. The lowest BCUT2D eigenvalue weighted by Crippen LogP contribution is -2.22. The van der Waals surface area contributed by atoms with Crippen LogP contribution in [0.3, 0.4) is 0 Å². The fraction of sp³-hybridized carbons (Fsp3) is 0.429. The largest absolute Gasteiger partial charge is 0.350 e. The molecule has 0 unspecified atom stereocenters. The van der Waals surface area contributed by atoms with Crippen molar-refractivity contribution in [2.45, 2.75) is 33.2 Å². The van der Waals surface area contributed by atoms with E-state index in [1.54, 1.807) is 11.3 Å². The molecule has 3 nitrogen and oxygen atoms in total. The van der Waals surface area contributed by atoms with Crippen molar-refractivity contribution in [3.05, 3.63) is 29.3 Å². The smallest absolute Gasteiger partial charge is 0.220 e. The molecule has 1 aromatic heterocycles. The minimum atomic E-state index is 0.114. The number of para-hydroxylation sites is 1. The van der Waals surface area contributed by atoms with Gasteiger partial charge < -0.3 is 5.32 Å². The van der Waals surface area contributed by atoms with E-state index >= 15 is 0 Å². The quantitative estimate of drug-likeness (QED) is 0.898. The van der Waals surface area contributed by atoms with Crippen molar-refractivity contribution in [1.82, 2.24) is 10.3 Å². The number of aromatic nitrogens is 1. The fourth-order valence-corrected chi connectivity index (χ4v) is 2.58. The molecule has 1 amide bonds. The first kappa shape index (κ1) is 13.0. The van der Waals surface area contributed by atoms with Gasteiger partial charge in [-0.1, -0.05) is 26.0 Å². The highest BCUT2D eigenvalue weighted by Crippen LogP contribution is 2.21. The first-order chi connectivity index (χ1) is 8.65. The van der Waals surface area contributed by atoms with Crippen LogP contribution in [0.2, 0.25) is 0 Å². The number of carbonyl (C=O) groups is 1. The lowest BCUT2D eigenvalue weighted by atomic mass is 10.1. The average Bonchev–Trinajstić information content (AvgIpc) is 2.76. The van der Waals surface area contributed by atoms with Gasteiger partial charge in [-0.3, -0.25) is 4.79 Å². The molecular weight excluding hydrogens is 244 g/mol. The molecule has 96 valence electrons. The average molecular weight is 262 g/mol. The summed E-state index contributed by atoms with van der Waals surface area (Å²) >= 11 is 1.64. The van der Waals surface area contributed by atoms with Crippen molar-refractivity contribution in [1.29, 1.82) is 0 Å². The molecule has 0 saturated carbocycles. The number of benzene rings is 1. The molecule has 1 N–H and O–H groups in total. The van der Waals surface area contributed by atoms with Crippen LogP contribution in [0.4, 0.5) is 0 Å². The predicted molar refractivity (Wildman–Crippen MR) is 75.5 cm³/mol. The Bertz CT molecular complexity index is 500. The third kappa shape index (κ3) is 3.53. The molecule has 0 radical (unpaired) electrons. The molecule has 2 rings (SSSR count). The van der Waals surface area contributed by atoms with E-state index in [1.807, 2.05) is 18.2 Å². The van der Waals surface area contributed by atoms with E-state index in [-0.39, 0.29) is 5.91 Å².